The maximum Gasteiger partial charge on any atom is 0.201 e. The summed E-state index contributed by atoms with van der Waals surface area (Å²) < 4.78 is 5.56. The van der Waals surface area contributed by atoms with Gasteiger partial charge in [-0.3, -0.25) is 9.59 Å². The van der Waals surface area contributed by atoms with Crippen LogP contribution < -0.4 is 10.9 Å². The number of pyridine rings is 4. The van der Waals surface area contributed by atoms with E-state index in [1.165, 1.54) is 22.7 Å². The lowest BCUT2D eigenvalue weighted by Crippen LogP contribution is -2.13. The standard InChI is InChI=1S/C28H26N8O2S4/c1-5-35-13-19(21(37)17-9-7-15(3)29-23(17)35)25-31-33-27(41-25)39-11-12-40-28-34-32-26(42-28)20-14-36(6-2)24-18(22(20)38)10-8-16(4)30-24/h7-10,13-14H,5-6,11-12H2,1-4H3. The highest BCUT2D eigenvalue weighted by Gasteiger charge is 2.17. The third-order valence-electron chi connectivity index (χ3n) is 6.61. The third-order valence-corrected chi connectivity index (χ3v) is 11.1. The van der Waals surface area contributed by atoms with Gasteiger partial charge in [0.15, 0.2) is 18.7 Å². The van der Waals surface area contributed by atoms with Crippen LogP contribution in [0.4, 0.5) is 0 Å². The van der Waals surface area contributed by atoms with E-state index in [9.17, 15) is 9.59 Å². The van der Waals surface area contributed by atoms with Gasteiger partial charge in [0.2, 0.25) is 10.9 Å². The fourth-order valence-electron chi connectivity index (χ4n) is 4.52. The molecule has 0 N–H and O–H groups in total. The molecular formula is C28H26N8O2S4. The van der Waals surface area contributed by atoms with E-state index in [1.807, 2.05) is 73.5 Å². The van der Waals surface area contributed by atoms with Gasteiger partial charge in [-0.05, 0) is 52.0 Å². The first-order valence-electron chi connectivity index (χ1n) is 13.3. The largest absolute Gasteiger partial charge is 0.332 e. The Hall–Kier alpha value is -3.46. The fraction of sp³-hybridized carbons (Fsp3) is 0.286. The summed E-state index contributed by atoms with van der Waals surface area (Å²) in [5.41, 5.74) is 4.03. The molecule has 14 heteroatoms. The Kier molecular flexibility index (Phi) is 8.21. The number of fused-ring (bicyclic) bond motifs is 2. The van der Waals surface area contributed by atoms with Crippen molar-refractivity contribution in [1.29, 1.82) is 0 Å². The third kappa shape index (κ3) is 5.51. The van der Waals surface area contributed by atoms with Crippen LogP contribution in [0.3, 0.4) is 0 Å². The van der Waals surface area contributed by atoms with Crippen molar-refractivity contribution < 1.29 is 0 Å². The van der Waals surface area contributed by atoms with E-state index in [0.717, 1.165) is 31.6 Å². The Bertz CT molecular complexity index is 1920. The van der Waals surface area contributed by atoms with Crippen LogP contribution in [0.15, 0.2) is 54.9 Å². The molecule has 6 aromatic heterocycles. The quantitative estimate of drug-likeness (QED) is 0.145. The van der Waals surface area contributed by atoms with E-state index in [0.29, 0.717) is 56.3 Å². The van der Waals surface area contributed by atoms with Crippen molar-refractivity contribution in [3.05, 3.63) is 68.5 Å². The van der Waals surface area contributed by atoms with Crippen LogP contribution in [0.5, 0.6) is 0 Å². The zero-order chi connectivity index (χ0) is 29.4. The topological polar surface area (TPSA) is 121 Å². The molecule has 0 amide bonds. The van der Waals surface area contributed by atoms with E-state index < -0.39 is 0 Å². The Morgan fingerprint density at radius 3 is 1.50 bits per heavy atom. The lowest BCUT2D eigenvalue weighted by atomic mass is 10.2. The molecule has 0 bridgehead atoms. The van der Waals surface area contributed by atoms with Gasteiger partial charge in [0.1, 0.15) is 11.3 Å². The summed E-state index contributed by atoms with van der Waals surface area (Å²) in [6, 6.07) is 7.38. The van der Waals surface area contributed by atoms with Crippen LogP contribution in [0.25, 0.3) is 43.2 Å². The van der Waals surface area contributed by atoms with Crippen molar-refractivity contribution in [1.82, 2.24) is 39.5 Å². The van der Waals surface area contributed by atoms with E-state index in [-0.39, 0.29) is 10.9 Å². The average molecular weight is 635 g/mol. The lowest BCUT2D eigenvalue weighted by Gasteiger charge is -2.09. The van der Waals surface area contributed by atoms with Crippen LogP contribution in [0.2, 0.25) is 0 Å². The molecule has 0 aromatic carbocycles. The predicted molar refractivity (Wildman–Crippen MR) is 172 cm³/mol. The van der Waals surface area contributed by atoms with Crippen molar-refractivity contribution >= 4 is 68.3 Å². The Labute approximate surface area is 257 Å². The Morgan fingerprint density at radius 2 is 1.10 bits per heavy atom. The molecule has 0 radical (unpaired) electrons. The monoisotopic (exact) mass is 634 g/mol. The van der Waals surface area contributed by atoms with Crippen LogP contribution in [-0.4, -0.2) is 51.0 Å². The van der Waals surface area contributed by atoms with Crippen molar-refractivity contribution in [3.8, 4) is 21.1 Å². The first-order chi connectivity index (χ1) is 20.4. The minimum Gasteiger partial charge on any atom is -0.332 e. The Balaban J connectivity index is 1.13. The number of aromatic nitrogens is 8. The fourth-order valence-corrected chi connectivity index (χ4v) is 8.34. The molecule has 0 unspecified atom stereocenters. The summed E-state index contributed by atoms with van der Waals surface area (Å²) in [7, 11) is 0. The zero-order valence-electron chi connectivity index (χ0n) is 23.3. The minimum atomic E-state index is -0.0824. The number of nitrogens with zero attached hydrogens (tertiary/aromatic N) is 8. The molecule has 0 saturated heterocycles. The van der Waals surface area contributed by atoms with Crippen molar-refractivity contribution in [2.75, 3.05) is 11.5 Å². The maximum absolute atomic E-state index is 13.2. The van der Waals surface area contributed by atoms with Gasteiger partial charge < -0.3 is 9.13 Å². The number of aryl methyl sites for hydroxylation is 4. The van der Waals surface area contributed by atoms with Crippen LogP contribution >= 0.6 is 46.2 Å². The molecule has 0 saturated carbocycles. The Morgan fingerprint density at radius 1 is 0.667 bits per heavy atom. The summed E-state index contributed by atoms with van der Waals surface area (Å²) in [6.07, 6.45) is 3.66. The van der Waals surface area contributed by atoms with E-state index in [1.54, 1.807) is 23.5 Å². The van der Waals surface area contributed by atoms with Crippen molar-refractivity contribution in [2.45, 2.75) is 49.5 Å². The van der Waals surface area contributed by atoms with Gasteiger partial charge in [0, 0.05) is 48.4 Å². The molecule has 0 atom stereocenters. The van der Waals surface area contributed by atoms with E-state index >= 15 is 0 Å². The summed E-state index contributed by atoms with van der Waals surface area (Å²) in [4.78, 5) is 35.6. The van der Waals surface area contributed by atoms with Gasteiger partial charge in [-0.15, -0.1) is 20.4 Å². The molecule has 0 fully saturated rings. The summed E-state index contributed by atoms with van der Waals surface area (Å²) in [5, 5.41) is 19.7. The first-order valence-corrected chi connectivity index (χ1v) is 16.9. The molecule has 42 heavy (non-hydrogen) atoms. The van der Waals surface area contributed by atoms with Crippen LogP contribution in [0, 0.1) is 13.8 Å². The van der Waals surface area contributed by atoms with Gasteiger partial charge in [-0.25, -0.2) is 9.97 Å². The van der Waals surface area contributed by atoms with Gasteiger partial charge >= 0.3 is 0 Å². The van der Waals surface area contributed by atoms with Gasteiger partial charge in [-0.2, -0.15) is 0 Å². The highest BCUT2D eigenvalue weighted by atomic mass is 32.2. The average Bonchev–Trinajstić information content (AvgIpc) is 3.66. The summed E-state index contributed by atoms with van der Waals surface area (Å²) >= 11 is 6.01. The van der Waals surface area contributed by atoms with E-state index in [4.69, 9.17) is 0 Å². The second-order valence-corrected chi connectivity index (χ2v) is 14.0. The first kappa shape index (κ1) is 28.6. The predicted octanol–water partition coefficient (Wildman–Crippen LogP) is 5.68. The second-order valence-electron chi connectivity index (χ2n) is 9.41. The summed E-state index contributed by atoms with van der Waals surface area (Å²) in [6.45, 7) is 9.27. The molecule has 6 aromatic rings. The summed E-state index contributed by atoms with van der Waals surface area (Å²) in [5.74, 6) is 1.55. The molecular weight excluding hydrogens is 609 g/mol. The highest BCUT2D eigenvalue weighted by Crippen LogP contribution is 2.32. The van der Waals surface area contributed by atoms with Crippen LogP contribution in [0.1, 0.15) is 25.2 Å². The second kappa shape index (κ2) is 12.0. The molecule has 0 aliphatic carbocycles. The van der Waals surface area contributed by atoms with Crippen LogP contribution in [-0.2, 0) is 13.1 Å². The van der Waals surface area contributed by atoms with Gasteiger partial charge in [-0.1, -0.05) is 46.2 Å². The van der Waals surface area contributed by atoms with Gasteiger partial charge in [0.05, 0.1) is 21.9 Å². The van der Waals surface area contributed by atoms with E-state index in [2.05, 4.69) is 30.4 Å². The SMILES string of the molecule is CCn1cc(-c2nnc(SCCSc3nnc(-c4cn(CC)c5nc(C)ccc5c4=O)s3)s2)c(=O)c2ccc(C)nc21. The molecule has 0 aliphatic heterocycles. The number of thioether (sulfide) groups is 2. The number of hydrogen-bond acceptors (Lipinski definition) is 12. The number of rotatable bonds is 9. The maximum atomic E-state index is 13.2. The smallest absolute Gasteiger partial charge is 0.201 e. The minimum absolute atomic E-state index is 0.0824. The zero-order valence-corrected chi connectivity index (χ0v) is 26.6. The normalized spacial score (nSPS) is 11.6. The molecule has 6 heterocycles. The molecule has 214 valence electrons. The number of hydrogen-bond donors (Lipinski definition) is 0. The molecule has 0 aliphatic rings. The molecule has 0 spiro atoms. The molecule has 6 rings (SSSR count). The van der Waals surface area contributed by atoms with Crippen molar-refractivity contribution in [2.24, 2.45) is 0 Å². The highest BCUT2D eigenvalue weighted by molar-refractivity contribution is 8.04. The molecule has 10 nitrogen and oxygen atoms in total. The lowest BCUT2D eigenvalue weighted by molar-refractivity contribution is 0.776. The van der Waals surface area contributed by atoms with Crippen molar-refractivity contribution in [3.63, 3.8) is 0 Å². The van der Waals surface area contributed by atoms with Gasteiger partial charge in [0.25, 0.3) is 0 Å².